The maximum atomic E-state index is 12.1. The Morgan fingerprint density at radius 1 is 1.12 bits per heavy atom. The summed E-state index contributed by atoms with van der Waals surface area (Å²) in [5, 5.41) is 3.21. The van der Waals surface area contributed by atoms with Crippen LogP contribution < -0.4 is 14.8 Å². The van der Waals surface area contributed by atoms with E-state index in [4.69, 9.17) is 9.47 Å². The van der Waals surface area contributed by atoms with Gasteiger partial charge < -0.3 is 14.8 Å². The van der Waals surface area contributed by atoms with Gasteiger partial charge in [0.25, 0.3) is 0 Å². The SMILES string of the molecule is COc1cncc(OC2CCC(NC(=O)CC3CCCC3)CC2)n1. The molecule has 6 nitrogen and oxygen atoms in total. The van der Waals surface area contributed by atoms with Gasteiger partial charge in [-0.2, -0.15) is 4.98 Å². The predicted molar refractivity (Wildman–Crippen MR) is 90.0 cm³/mol. The Balaban J connectivity index is 1.39. The monoisotopic (exact) mass is 333 g/mol. The van der Waals surface area contributed by atoms with Gasteiger partial charge in [0, 0.05) is 12.5 Å². The summed E-state index contributed by atoms with van der Waals surface area (Å²) in [6.07, 6.45) is 12.8. The van der Waals surface area contributed by atoms with Crippen molar-refractivity contribution in [1.82, 2.24) is 15.3 Å². The number of carbonyl (C=O) groups is 1. The average Bonchev–Trinajstić information content (AvgIpc) is 3.09. The van der Waals surface area contributed by atoms with E-state index in [1.165, 1.54) is 25.7 Å². The second-order valence-electron chi connectivity index (χ2n) is 6.91. The number of methoxy groups -OCH3 is 1. The summed E-state index contributed by atoms with van der Waals surface area (Å²) in [6.45, 7) is 0. The van der Waals surface area contributed by atoms with Crippen molar-refractivity contribution in [3.05, 3.63) is 12.4 Å². The maximum Gasteiger partial charge on any atom is 0.235 e. The number of carbonyl (C=O) groups excluding carboxylic acids is 1. The lowest BCUT2D eigenvalue weighted by Gasteiger charge is -2.29. The molecule has 0 atom stereocenters. The van der Waals surface area contributed by atoms with Crippen molar-refractivity contribution in [3.8, 4) is 11.8 Å². The smallest absolute Gasteiger partial charge is 0.235 e. The fourth-order valence-corrected chi connectivity index (χ4v) is 3.75. The summed E-state index contributed by atoms with van der Waals surface area (Å²) in [6, 6.07) is 0.287. The molecular formula is C18H27N3O3. The van der Waals surface area contributed by atoms with E-state index >= 15 is 0 Å². The van der Waals surface area contributed by atoms with Crippen LogP contribution in [0.2, 0.25) is 0 Å². The van der Waals surface area contributed by atoms with Gasteiger partial charge in [-0.15, -0.1) is 0 Å². The third kappa shape index (κ3) is 4.82. The Hall–Kier alpha value is -1.85. The van der Waals surface area contributed by atoms with Crippen LogP contribution in [0.1, 0.15) is 57.8 Å². The number of amides is 1. The molecule has 2 fully saturated rings. The first-order chi connectivity index (χ1) is 11.7. The highest BCUT2D eigenvalue weighted by Gasteiger charge is 2.25. The van der Waals surface area contributed by atoms with Crippen LogP contribution in [0.5, 0.6) is 11.8 Å². The summed E-state index contributed by atoms with van der Waals surface area (Å²) < 4.78 is 11.0. The van der Waals surface area contributed by atoms with Crippen molar-refractivity contribution in [3.63, 3.8) is 0 Å². The average molecular weight is 333 g/mol. The molecule has 3 rings (SSSR count). The Morgan fingerprint density at radius 2 is 1.83 bits per heavy atom. The third-order valence-electron chi connectivity index (χ3n) is 5.08. The Bertz CT molecular complexity index is 538. The minimum absolute atomic E-state index is 0.134. The number of hydrogen-bond donors (Lipinski definition) is 1. The lowest BCUT2D eigenvalue weighted by atomic mass is 9.92. The standard InChI is InChI=1S/C18H27N3O3/c1-23-17-11-19-12-18(21-17)24-15-8-6-14(7-9-15)20-16(22)10-13-4-2-3-5-13/h11-15H,2-10H2,1H3,(H,20,22). The lowest BCUT2D eigenvalue weighted by Crippen LogP contribution is -2.40. The van der Waals surface area contributed by atoms with Crippen molar-refractivity contribution < 1.29 is 14.3 Å². The number of hydrogen-bond acceptors (Lipinski definition) is 5. The molecule has 0 aromatic carbocycles. The summed E-state index contributed by atoms with van der Waals surface area (Å²) in [5.74, 6) is 1.80. The van der Waals surface area contributed by atoms with E-state index < -0.39 is 0 Å². The number of aromatic nitrogens is 2. The zero-order valence-corrected chi connectivity index (χ0v) is 14.4. The zero-order chi connectivity index (χ0) is 16.8. The van der Waals surface area contributed by atoms with Crippen LogP contribution in [-0.4, -0.2) is 35.1 Å². The molecule has 0 radical (unpaired) electrons. The number of rotatable bonds is 6. The second-order valence-corrected chi connectivity index (χ2v) is 6.91. The Morgan fingerprint density at radius 3 is 2.54 bits per heavy atom. The largest absolute Gasteiger partial charge is 0.480 e. The summed E-state index contributed by atoms with van der Waals surface area (Å²) in [4.78, 5) is 20.4. The van der Waals surface area contributed by atoms with E-state index in [-0.39, 0.29) is 18.1 Å². The molecule has 132 valence electrons. The topological polar surface area (TPSA) is 73.3 Å². The van der Waals surface area contributed by atoms with Crippen LogP contribution in [0.25, 0.3) is 0 Å². The van der Waals surface area contributed by atoms with Crippen molar-refractivity contribution in [2.75, 3.05) is 7.11 Å². The van der Waals surface area contributed by atoms with Crippen molar-refractivity contribution in [2.24, 2.45) is 5.92 Å². The number of ether oxygens (including phenoxy) is 2. The molecule has 0 aliphatic heterocycles. The number of nitrogens with zero attached hydrogens (tertiary/aromatic N) is 2. The van der Waals surface area contributed by atoms with Crippen molar-refractivity contribution in [2.45, 2.75) is 69.9 Å². The highest BCUT2D eigenvalue weighted by atomic mass is 16.5. The second kappa shape index (κ2) is 8.31. The first-order valence-corrected chi connectivity index (χ1v) is 9.05. The van der Waals surface area contributed by atoms with Gasteiger partial charge in [-0.3, -0.25) is 9.78 Å². The molecule has 1 aromatic heterocycles. The normalized spacial score (nSPS) is 24.5. The molecule has 24 heavy (non-hydrogen) atoms. The molecular weight excluding hydrogens is 306 g/mol. The Kier molecular flexibility index (Phi) is 5.88. The van der Waals surface area contributed by atoms with Gasteiger partial charge in [0.05, 0.1) is 19.5 Å². The van der Waals surface area contributed by atoms with Crippen LogP contribution in [0.3, 0.4) is 0 Å². The molecule has 1 aromatic rings. The highest BCUT2D eigenvalue weighted by molar-refractivity contribution is 5.76. The molecule has 0 unspecified atom stereocenters. The van der Waals surface area contributed by atoms with E-state index in [9.17, 15) is 4.79 Å². The fraction of sp³-hybridized carbons (Fsp3) is 0.722. The van der Waals surface area contributed by atoms with Gasteiger partial charge in [0.15, 0.2) is 0 Å². The summed E-state index contributed by atoms with van der Waals surface area (Å²) in [7, 11) is 1.56. The first kappa shape index (κ1) is 17.0. The molecule has 2 saturated carbocycles. The molecule has 1 amide bonds. The molecule has 0 spiro atoms. The van der Waals surface area contributed by atoms with Crippen LogP contribution in [-0.2, 0) is 4.79 Å². The van der Waals surface area contributed by atoms with Gasteiger partial charge in [-0.05, 0) is 44.4 Å². The van der Waals surface area contributed by atoms with Gasteiger partial charge in [0.1, 0.15) is 6.10 Å². The third-order valence-corrected chi connectivity index (χ3v) is 5.08. The fourth-order valence-electron chi connectivity index (χ4n) is 3.75. The summed E-state index contributed by atoms with van der Waals surface area (Å²) in [5.41, 5.74) is 0. The van der Waals surface area contributed by atoms with Gasteiger partial charge >= 0.3 is 0 Å². The van der Waals surface area contributed by atoms with Crippen molar-refractivity contribution >= 4 is 5.91 Å². The van der Waals surface area contributed by atoms with E-state index in [0.29, 0.717) is 24.1 Å². The van der Waals surface area contributed by atoms with Crippen LogP contribution in [0, 0.1) is 5.92 Å². The Labute approximate surface area is 143 Å². The minimum Gasteiger partial charge on any atom is -0.480 e. The lowest BCUT2D eigenvalue weighted by molar-refractivity contribution is -0.123. The van der Waals surface area contributed by atoms with Crippen LogP contribution >= 0.6 is 0 Å². The molecule has 1 heterocycles. The number of nitrogens with one attached hydrogen (secondary N) is 1. The molecule has 0 bridgehead atoms. The highest BCUT2D eigenvalue weighted by Crippen LogP contribution is 2.28. The van der Waals surface area contributed by atoms with Crippen LogP contribution in [0.4, 0.5) is 0 Å². The molecule has 6 heteroatoms. The van der Waals surface area contributed by atoms with Crippen molar-refractivity contribution in [1.29, 1.82) is 0 Å². The van der Waals surface area contributed by atoms with Gasteiger partial charge in [-0.25, -0.2) is 0 Å². The molecule has 1 N–H and O–H groups in total. The minimum atomic E-state index is 0.134. The van der Waals surface area contributed by atoms with Crippen LogP contribution in [0.15, 0.2) is 12.4 Å². The zero-order valence-electron chi connectivity index (χ0n) is 14.4. The quantitative estimate of drug-likeness (QED) is 0.866. The van der Waals surface area contributed by atoms with E-state index in [0.717, 1.165) is 25.7 Å². The maximum absolute atomic E-state index is 12.1. The molecule has 2 aliphatic rings. The molecule has 2 aliphatic carbocycles. The van der Waals surface area contributed by atoms with E-state index in [2.05, 4.69) is 15.3 Å². The molecule has 0 saturated heterocycles. The van der Waals surface area contributed by atoms with Gasteiger partial charge in [0.2, 0.25) is 17.7 Å². The van der Waals surface area contributed by atoms with Gasteiger partial charge in [-0.1, -0.05) is 12.8 Å². The van der Waals surface area contributed by atoms with E-state index in [1.54, 1.807) is 19.5 Å². The van der Waals surface area contributed by atoms with E-state index in [1.807, 2.05) is 0 Å². The first-order valence-electron chi connectivity index (χ1n) is 9.05. The predicted octanol–water partition coefficient (Wildman–Crippen LogP) is 2.87. The summed E-state index contributed by atoms with van der Waals surface area (Å²) >= 11 is 0.